The second-order valence-corrected chi connectivity index (χ2v) is 5.96. The van der Waals surface area contributed by atoms with Gasteiger partial charge in [-0.1, -0.05) is 12.1 Å². The first-order valence-corrected chi connectivity index (χ1v) is 8.33. The number of rotatable bonds is 6. The van der Waals surface area contributed by atoms with Gasteiger partial charge in [-0.3, -0.25) is 4.79 Å². The van der Waals surface area contributed by atoms with Gasteiger partial charge in [0.15, 0.2) is 5.82 Å². The molecular weight excluding hydrogens is 294 g/mol. The molecular formula is C16H23N5O2. The van der Waals surface area contributed by atoms with Gasteiger partial charge in [-0.25, -0.2) is 4.98 Å². The van der Waals surface area contributed by atoms with Crippen LogP contribution in [0.2, 0.25) is 0 Å². The number of piperidine rings is 1. The van der Waals surface area contributed by atoms with Crippen molar-refractivity contribution in [3.05, 3.63) is 30.4 Å². The fourth-order valence-corrected chi connectivity index (χ4v) is 2.99. The largest absolute Gasteiger partial charge is 0.341 e. The molecule has 1 saturated heterocycles. The SMILES string of the molecule is CCc1noc(CCCC(=O)N2CCCC(n3ccnc3)C2)n1. The number of imidazole rings is 1. The number of aryl methyl sites for hydroxylation is 2. The Morgan fingerprint density at radius 3 is 3.13 bits per heavy atom. The Balaban J connectivity index is 1.46. The molecule has 3 heterocycles. The lowest BCUT2D eigenvalue weighted by Gasteiger charge is -2.33. The van der Waals surface area contributed by atoms with Crippen molar-refractivity contribution in [3.63, 3.8) is 0 Å². The highest BCUT2D eigenvalue weighted by molar-refractivity contribution is 5.76. The Hall–Kier alpha value is -2.18. The number of likely N-dealkylation sites (tertiary alicyclic amines) is 1. The minimum absolute atomic E-state index is 0.213. The van der Waals surface area contributed by atoms with E-state index < -0.39 is 0 Å². The van der Waals surface area contributed by atoms with Crippen LogP contribution >= 0.6 is 0 Å². The standard InChI is InChI=1S/C16H23N5O2/c1-2-14-18-15(23-19-14)6-3-7-16(22)20-9-4-5-13(11-20)21-10-8-17-12-21/h8,10,12-13H,2-7,9,11H2,1H3. The van der Waals surface area contributed by atoms with Gasteiger partial charge < -0.3 is 14.0 Å². The van der Waals surface area contributed by atoms with E-state index in [-0.39, 0.29) is 5.91 Å². The van der Waals surface area contributed by atoms with Crippen molar-refractivity contribution >= 4 is 5.91 Å². The van der Waals surface area contributed by atoms with Crippen LogP contribution < -0.4 is 0 Å². The zero-order valence-electron chi connectivity index (χ0n) is 13.5. The Morgan fingerprint density at radius 1 is 1.48 bits per heavy atom. The van der Waals surface area contributed by atoms with E-state index in [2.05, 4.69) is 19.7 Å². The third-order valence-electron chi connectivity index (χ3n) is 4.30. The van der Waals surface area contributed by atoms with Crippen molar-refractivity contribution in [2.75, 3.05) is 13.1 Å². The molecule has 1 unspecified atom stereocenters. The van der Waals surface area contributed by atoms with Crippen molar-refractivity contribution < 1.29 is 9.32 Å². The van der Waals surface area contributed by atoms with Crippen molar-refractivity contribution in [1.29, 1.82) is 0 Å². The molecule has 23 heavy (non-hydrogen) atoms. The summed E-state index contributed by atoms with van der Waals surface area (Å²) in [6, 6.07) is 0.346. The highest BCUT2D eigenvalue weighted by atomic mass is 16.5. The predicted octanol–water partition coefficient (Wildman–Crippen LogP) is 2.01. The number of carbonyl (C=O) groups is 1. The van der Waals surface area contributed by atoms with Crippen molar-refractivity contribution in [2.24, 2.45) is 0 Å². The van der Waals surface area contributed by atoms with Crippen LogP contribution in [0.25, 0.3) is 0 Å². The second kappa shape index (κ2) is 7.39. The molecule has 2 aromatic rings. The minimum Gasteiger partial charge on any atom is -0.341 e. The lowest BCUT2D eigenvalue weighted by atomic mass is 10.0. The van der Waals surface area contributed by atoms with E-state index in [1.807, 2.05) is 24.3 Å². The summed E-state index contributed by atoms with van der Waals surface area (Å²) in [6.07, 6.45) is 10.4. The molecule has 1 aliphatic rings. The Kier molecular flexibility index (Phi) is 5.05. The van der Waals surface area contributed by atoms with Gasteiger partial charge >= 0.3 is 0 Å². The maximum absolute atomic E-state index is 12.4. The summed E-state index contributed by atoms with van der Waals surface area (Å²) in [4.78, 5) is 22.7. The molecule has 0 radical (unpaired) electrons. The number of amides is 1. The molecule has 2 aromatic heterocycles. The number of nitrogens with zero attached hydrogens (tertiary/aromatic N) is 5. The Bertz CT molecular complexity index is 622. The first kappa shape index (κ1) is 15.7. The first-order valence-electron chi connectivity index (χ1n) is 8.33. The molecule has 0 aromatic carbocycles. The average Bonchev–Trinajstić information content (AvgIpc) is 3.26. The van der Waals surface area contributed by atoms with E-state index in [4.69, 9.17) is 4.52 Å². The van der Waals surface area contributed by atoms with E-state index >= 15 is 0 Å². The number of aromatic nitrogens is 4. The van der Waals surface area contributed by atoms with Crippen LogP contribution in [0.4, 0.5) is 0 Å². The smallest absolute Gasteiger partial charge is 0.226 e. The van der Waals surface area contributed by atoms with Gasteiger partial charge in [0.05, 0.1) is 12.4 Å². The van der Waals surface area contributed by atoms with Crippen LogP contribution in [0.5, 0.6) is 0 Å². The summed E-state index contributed by atoms with van der Waals surface area (Å²) >= 11 is 0. The van der Waals surface area contributed by atoms with E-state index in [9.17, 15) is 4.79 Å². The van der Waals surface area contributed by atoms with Crippen LogP contribution in [0.15, 0.2) is 23.2 Å². The molecule has 7 nitrogen and oxygen atoms in total. The van der Waals surface area contributed by atoms with Crippen LogP contribution in [-0.2, 0) is 17.6 Å². The zero-order chi connectivity index (χ0) is 16.1. The van der Waals surface area contributed by atoms with Crippen molar-refractivity contribution in [3.8, 4) is 0 Å². The van der Waals surface area contributed by atoms with Gasteiger partial charge in [0.25, 0.3) is 0 Å². The van der Waals surface area contributed by atoms with Gasteiger partial charge in [0, 0.05) is 44.7 Å². The monoisotopic (exact) mass is 317 g/mol. The molecule has 7 heteroatoms. The number of hydrogen-bond acceptors (Lipinski definition) is 5. The number of hydrogen-bond donors (Lipinski definition) is 0. The van der Waals surface area contributed by atoms with Crippen molar-refractivity contribution in [1.82, 2.24) is 24.6 Å². The molecule has 3 rings (SSSR count). The molecule has 124 valence electrons. The van der Waals surface area contributed by atoms with E-state index in [1.54, 1.807) is 6.20 Å². The summed E-state index contributed by atoms with van der Waals surface area (Å²) < 4.78 is 7.25. The van der Waals surface area contributed by atoms with Crippen LogP contribution in [0.1, 0.15) is 50.4 Å². The molecule has 0 bridgehead atoms. The van der Waals surface area contributed by atoms with Gasteiger partial charge in [-0.2, -0.15) is 4.98 Å². The van der Waals surface area contributed by atoms with Crippen LogP contribution in [0, 0.1) is 0 Å². The second-order valence-electron chi connectivity index (χ2n) is 5.96. The van der Waals surface area contributed by atoms with Gasteiger partial charge in [-0.05, 0) is 19.3 Å². The molecule has 0 spiro atoms. The maximum atomic E-state index is 12.4. The first-order chi connectivity index (χ1) is 11.3. The van der Waals surface area contributed by atoms with Crippen LogP contribution in [0.3, 0.4) is 0 Å². The Morgan fingerprint density at radius 2 is 2.39 bits per heavy atom. The number of carbonyl (C=O) groups excluding carboxylic acids is 1. The summed E-state index contributed by atoms with van der Waals surface area (Å²) in [5, 5.41) is 3.87. The summed E-state index contributed by atoms with van der Waals surface area (Å²) in [5.41, 5.74) is 0. The Labute approximate surface area is 135 Å². The summed E-state index contributed by atoms with van der Waals surface area (Å²) in [7, 11) is 0. The quantitative estimate of drug-likeness (QED) is 0.814. The van der Waals surface area contributed by atoms with Crippen LogP contribution in [-0.4, -0.2) is 43.6 Å². The predicted molar refractivity (Wildman–Crippen MR) is 83.7 cm³/mol. The third-order valence-corrected chi connectivity index (χ3v) is 4.30. The van der Waals surface area contributed by atoms with Gasteiger partial charge in [-0.15, -0.1) is 0 Å². The lowest BCUT2D eigenvalue weighted by Crippen LogP contribution is -2.40. The van der Waals surface area contributed by atoms with Gasteiger partial charge in [0.1, 0.15) is 0 Å². The molecule has 1 amide bonds. The van der Waals surface area contributed by atoms with E-state index in [0.29, 0.717) is 24.8 Å². The maximum Gasteiger partial charge on any atom is 0.226 e. The molecule has 1 fully saturated rings. The molecule has 1 atom stereocenters. The normalized spacial score (nSPS) is 18.3. The molecule has 0 aliphatic carbocycles. The summed E-state index contributed by atoms with van der Waals surface area (Å²) in [6.45, 7) is 3.62. The van der Waals surface area contributed by atoms with Gasteiger partial charge in [0.2, 0.25) is 11.8 Å². The highest BCUT2D eigenvalue weighted by Crippen LogP contribution is 2.22. The zero-order valence-corrected chi connectivity index (χ0v) is 13.5. The molecule has 1 aliphatic heterocycles. The van der Waals surface area contributed by atoms with E-state index in [0.717, 1.165) is 44.6 Å². The minimum atomic E-state index is 0.213. The topological polar surface area (TPSA) is 77.0 Å². The third kappa shape index (κ3) is 3.97. The fraction of sp³-hybridized carbons (Fsp3) is 0.625. The molecule has 0 N–H and O–H groups in total. The van der Waals surface area contributed by atoms with E-state index in [1.165, 1.54) is 0 Å². The van der Waals surface area contributed by atoms with Crippen molar-refractivity contribution in [2.45, 2.75) is 51.5 Å². The fourth-order valence-electron chi connectivity index (χ4n) is 2.99. The lowest BCUT2D eigenvalue weighted by molar-refractivity contribution is -0.132. The molecule has 0 saturated carbocycles. The summed E-state index contributed by atoms with van der Waals surface area (Å²) in [5.74, 6) is 1.57. The highest BCUT2D eigenvalue weighted by Gasteiger charge is 2.24. The average molecular weight is 317 g/mol.